The van der Waals surface area contributed by atoms with Crippen LogP contribution in [0.1, 0.15) is 38.5 Å². The van der Waals surface area contributed by atoms with Crippen LogP contribution in [0, 0.1) is 11.8 Å². The maximum absolute atomic E-state index is 6.00. The van der Waals surface area contributed by atoms with Crippen LogP contribution < -0.4 is 5.73 Å². The van der Waals surface area contributed by atoms with Gasteiger partial charge in [0.05, 0.1) is 0 Å². The highest BCUT2D eigenvalue weighted by molar-refractivity contribution is 4.81. The van der Waals surface area contributed by atoms with Crippen molar-refractivity contribution >= 4 is 0 Å². The topological polar surface area (TPSA) is 35.2 Å². The van der Waals surface area contributed by atoms with Gasteiger partial charge in [0.25, 0.3) is 0 Å². The summed E-state index contributed by atoms with van der Waals surface area (Å²) in [5.74, 6) is 1.83. The second-order valence-electron chi connectivity index (χ2n) is 4.64. The van der Waals surface area contributed by atoms with Gasteiger partial charge in [-0.15, -0.1) is 0 Å². The molecule has 1 heterocycles. The van der Waals surface area contributed by atoms with Crippen molar-refractivity contribution < 1.29 is 4.74 Å². The minimum absolute atomic E-state index is 0.488. The average Bonchev–Trinajstić information content (AvgIpc) is 2.19. The van der Waals surface area contributed by atoms with Crippen LogP contribution in [0.4, 0.5) is 0 Å². The van der Waals surface area contributed by atoms with E-state index in [1.54, 1.807) is 0 Å². The van der Waals surface area contributed by atoms with Gasteiger partial charge in [-0.05, 0) is 37.5 Å². The Morgan fingerprint density at radius 2 is 1.69 bits per heavy atom. The summed E-state index contributed by atoms with van der Waals surface area (Å²) in [7, 11) is 0. The van der Waals surface area contributed by atoms with E-state index in [4.69, 9.17) is 10.5 Å². The van der Waals surface area contributed by atoms with E-state index in [0.717, 1.165) is 25.0 Å². The summed E-state index contributed by atoms with van der Waals surface area (Å²) in [5, 5.41) is 0. The SMILES string of the molecule is NC1CCCC(C2CCOCC2)C1. The lowest BCUT2D eigenvalue weighted by molar-refractivity contribution is 0.0374. The molecule has 2 heteroatoms. The molecular weight excluding hydrogens is 162 g/mol. The van der Waals surface area contributed by atoms with Gasteiger partial charge in [0.15, 0.2) is 0 Å². The van der Waals surface area contributed by atoms with E-state index in [1.807, 2.05) is 0 Å². The Kier molecular flexibility index (Phi) is 3.23. The predicted molar refractivity (Wildman–Crippen MR) is 53.5 cm³/mol. The standard InChI is InChI=1S/C11H21NO/c12-11-3-1-2-10(8-11)9-4-6-13-7-5-9/h9-11H,1-8,12H2. The van der Waals surface area contributed by atoms with E-state index in [-0.39, 0.29) is 0 Å². The largest absolute Gasteiger partial charge is 0.381 e. The van der Waals surface area contributed by atoms with Crippen molar-refractivity contribution in [1.29, 1.82) is 0 Å². The molecule has 0 aromatic carbocycles. The van der Waals surface area contributed by atoms with Crippen molar-refractivity contribution in [3.8, 4) is 0 Å². The Balaban J connectivity index is 1.83. The van der Waals surface area contributed by atoms with Crippen LogP contribution in [0.15, 0.2) is 0 Å². The molecule has 2 aliphatic rings. The normalized spacial score (nSPS) is 37.6. The molecular formula is C11H21NO. The third-order valence-electron chi connectivity index (χ3n) is 3.69. The smallest absolute Gasteiger partial charge is 0.0468 e. The highest BCUT2D eigenvalue weighted by Crippen LogP contribution is 2.34. The van der Waals surface area contributed by atoms with Crippen LogP contribution in [0.25, 0.3) is 0 Å². The Bertz CT molecular complexity index is 154. The lowest BCUT2D eigenvalue weighted by Gasteiger charge is -2.35. The molecule has 0 aromatic rings. The van der Waals surface area contributed by atoms with Crippen LogP contribution in [0.2, 0.25) is 0 Å². The molecule has 0 aromatic heterocycles. The van der Waals surface area contributed by atoms with Gasteiger partial charge in [-0.2, -0.15) is 0 Å². The molecule has 13 heavy (non-hydrogen) atoms. The zero-order valence-electron chi connectivity index (χ0n) is 8.37. The molecule has 0 bridgehead atoms. The summed E-state index contributed by atoms with van der Waals surface area (Å²) in [6, 6.07) is 0.488. The van der Waals surface area contributed by atoms with E-state index in [1.165, 1.54) is 38.5 Å². The number of nitrogens with two attached hydrogens (primary N) is 1. The maximum atomic E-state index is 6.00. The fraction of sp³-hybridized carbons (Fsp3) is 1.00. The maximum Gasteiger partial charge on any atom is 0.0468 e. The van der Waals surface area contributed by atoms with Crippen molar-refractivity contribution in [3.63, 3.8) is 0 Å². The van der Waals surface area contributed by atoms with E-state index in [0.29, 0.717) is 6.04 Å². The molecule has 2 N–H and O–H groups in total. The van der Waals surface area contributed by atoms with Crippen LogP contribution >= 0.6 is 0 Å². The Hall–Kier alpha value is -0.0800. The minimum Gasteiger partial charge on any atom is -0.381 e. The molecule has 0 spiro atoms. The van der Waals surface area contributed by atoms with Gasteiger partial charge in [-0.1, -0.05) is 12.8 Å². The first-order chi connectivity index (χ1) is 6.36. The summed E-state index contributed by atoms with van der Waals surface area (Å²) in [4.78, 5) is 0. The Labute approximate surface area is 80.8 Å². The first-order valence-corrected chi connectivity index (χ1v) is 5.69. The lowest BCUT2D eigenvalue weighted by Crippen LogP contribution is -2.33. The van der Waals surface area contributed by atoms with Crippen molar-refractivity contribution in [2.45, 2.75) is 44.6 Å². The number of hydrogen-bond donors (Lipinski definition) is 1. The van der Waals surface area contributed by atoms with Crippen molar-refractivity contribution in [3.05, 3.63) is 0 Å². The summed E-state index contributed by atoms with van der Waals surface area (Å²) in [5.41, 5.74) is 6.00. The molecule has 76 valence electrons. The fourth-order valence-electron chi connectivity index (χ4n) is 2.88. The summed E-state index contributed by atoms with van der Waals surface area (Å²) < 4.78 is 5.39. The number of ether oxygens (including phenoxy) is 1. The third-order valence-corrected chi connectivity index (χ3v) is 3.69. The average molecular weight is 183 g/mol. The highest BCUT2D eigenvalue weighted by atomic mass is 16.5. The molecule has 2 fully saturated rings. The summed E-state index contributed by atoms with van der Waals surface area (Å²) in [6.07, 6.45) is 7.83. The number of hydrogen-bond acceptors (Lipinski definition) is 2. The van der Waals surface area contributed by atoms with E-state index in [2.05, 4.69) is 0 Å². The van der Waals surface area contributed by atoms with Crippen LogP contribution in [-0.2, 0) is 4.74 Å². The molecule has 1 saturated heterocycles. The van der Waals surface area contributed by atoms with Gasteiger partial charge in [0.2, 0.25) is 0 Å². The second-order valence-corrected chi connectivity index (χ2v) is 4.64. The molecule has 2 unspecified atom stereocenters. The molecule has 0 radical (unpaired) electrons. The van der Waals surface area contributed by atoms with Crippen molar-refractivity contribution in [2.24, 2.45) is 17.6 Å². The molecule has 1 saturated carbocycles. The van der Waals surface area contributed by atoms with E-state index < -0.39 is 0 Å². The highest BCUT2D eigenvalue weighted by Gasteiger charge is 2.27. The molecule has 0 amide bonds. The van der Waals surface area contributed by atoms with Crippen LogP contribution in [0.3, 0.4) is 0 Å². The van der Waals surface area contributed by atoms with Gasteiger partial charge in [-0.3, -0.25) is 0 Å². The molecule has 1 aliphatic heterocycles. The quantitative estimate of drug-likeness (QED) is 0.674. The zero-order valence-corrected chi connectivity index (χ0v) is 8.37. The van der Waals surface area contributed by atoms with Gasteiger partial charge in [0, 0.05) is 19.3 Å². The predicted octanol–water partition coefficient (Wildman–Crippen LogP) is 1.93. The Morgan fingerprint density at radius 1 is 0.923 bits per heavy atom. The zero-order chi connectivity index (χ0) is 9.10. The first kappa shape index (κ1) is 9.47. The van der Waals surface area contributed by atoms with Crippen molar-refractivity contribution in [1.82, 2.24) is 0 Å². The van der Waals surface area contributed by atoms with Crippen LogP contribution in [-0.4, -0.2) is 19.3 Å². The lowest BCUT2D eigenvalue weighted by atomic mass is 9.75. The molecule has 2 atom stereocenters. The molecule has 2 rings (SSSR count). The van der Waals surface area contributed by atoms with E-state index in [9.17, 15) is 0 Å². The van der Waals surface area contributed by atoms with Gasteiger partial charge >= 0.3 is 0 Å². The Morgan fingerprint density at radius 3 is 2.38 bits per heavy atom. The summed E-state index contributed by atoms with van der Waals surface area (Å²) in [6.45, 7) is 1.97. The van der Waals surface area contributed by atoms with E-state index >= 15 is 0 Å². The van der Waals surface area contributed by atoms with Crippen LogP contribution in [0.5, 0.6) is 0 Å². The molecule has 1 aliphatic carbocycles. The fourth-order valence-corrected chi connectivity index (χ4v) is 2.88. The third kappa shape index (κ3) is 2.44. The van der Waals surface area contributed by atoms with Gasteiger partial charge in [0.1, 0.15) is 0 Å². The van der Waals surface area contributed by atoms with Crippen molar-refractivity contribution in [2.75, 3.05) is 13.2 Å². The number of rotatable bonds is 1. The van der Waals surface area contributed by atoms with Gasteiger partial charge < -0.3 is 10.5 Å². The van der Waals surface area contributed by atoms with Gasteiger partial charge in [-0.25, -0.2) is 0 Å². The minimum atomic E-state index is 0.488. The monoisotopic (exact) mass is 183 g/mol. The summed E-state index contributed by atoms with van der Waals surface area (Å²) >= 11 is 0. The molecule has 2 nitrogen and oxygen atoms in total. The first-order valence-electron chi connectivity index (χ1n) is 5.69. The second kappa shape index (κ2) is 4.43.